The van der Waals surface area contributed by atoms with Crippen molar-refractivity contribution in [2.75, 3.05) is 13.2 Å². The summed E-state index contributed by atoms with van der Waals surface area (Å²) in [5.74, 6) is -0.107. The number of aliphatic hydroxyl groups excluding tert-OH is 1. The number of aliphatic hydroxyl groups is 1. The Labute approximate surface area is 102 Å². The molecule has 0 unspecified atom stereocenters. The zero-order valence-corrected chi connectivity index (χ0v) is 10.1. The molecule has 0 atom stereocenters. The predicted molar refractivity (Wildman–Crippen MR) is 65.3 cm³/mol. The highest BCUT2D eigenvalue weighted by molar-refractivity contribution is 5.77. The fraction of sp³-hybridized carbons (Fsp3) is 0.462. The number of ether oxygens (including phenoxy) is 1. The van der Waals surface area contributed by atoms with Gasteiger partial charge in [-0.3, -0.25) is 4.79 Å². The van der Waals surface area contributed by atoms with E-state index in [9.17, 15) is 4.79 Å². The summed E-state index contributed by atoms with van der Waals surface area (Å²) in [6, 6.07) is 7.46. The highest BCUT2D eigenvalue weighted by Crippen LogP contribution is 2.03. The molecule has 0 saturated heterocycles. The molecule has 0 aromatic heterocycles. The van der Waals surface area contributed by atoms with Gasteiger partial charge in [-0.25, -0.2) is 0 Å². The lowest BCUT2D eigenvalue weighted by Gasteiger charge is -2.06. The van der Waals surface area contributed by atoms with Gasteiger partial charge in [-0.2, -0.15) is 0 Å². The minimum Gasteiger partial charge on any atom is -0.392 e. The first-order valence-corrected chi connectivity index (χ1v) is 5.79. The van der Waals surface area contributed by atoms with Crippen molar-refractivity contribution >= 4 is 5.91 Å². The highest BCUT2D eigenvalue weighted by Gasteiger charge is 2.01. The third kappa shape index (κ3) is 5.47. The number of hydrogen-bond donors (Lipinski definition) is 2. The maximum absolute atomic E-state index is 11.3. The van der Waals surface area contributed by atoms with Crippen LogP contribution in [0.25, 0.3) is 0 Å². The van der Waals surface area contributed by atoms with Crippen LogP contribution >= 0.6 is 0 Å². The molecule has 0 radical (unpaired) electrons. The number of amides is 1. The van der Waals surface area contributed by atoms with Crippen LogP contribution < -0.4 is 5.32 Å². The molecule has 1 rings (SSSR count). The standard InChI is InChI=1S/C13H19NO3/c1-2-7-17-10-13(16)14-8-11-3-5-12(9-15)6-4-11/h3-6,15H,2,7-10H2,1H3,(H,14,16). The molecule has 1 aromatic rings. The molecule has 0 saturated carbocycles. The molecule has 0 aliphatic carbocycles. The Balaban J connectivity index is 2.27. The quantitative estimate of drug-likeness (QED) is 0.701. The summed E-state index contributed by atoms with van der Waals surface area (Å²) < 4.78 is 5.12. The van der Waals surface area contributed by atoms with Crippen molar-refractivity contribution in [3.63, 3.8) is 0 Å². The fourth-order valence-electron chi connectivity index (χ4n) is 1.32. The zero-order chi connectivity index (χ0) is 12.5. The Morgan fingerprint density at radius 3 is 2.53 bits per heavy atom. The Morgan fingerprint density at radius 1 is 1.29 bits per heavy atom. The number of carbonyl (C=O) groups excluding carboxylic acids is 1. The Bertz CT molecular complexity index is 335. The van der Waals surface area contributed by atoms with E-state index in [4.69, 9.17) is 9.84 Å². The van der Waals surface area contributed by atoms with E-state index in [1.165, 1.54) is 0 Å². The summed E-state index contributed by atoms with van der Waals surface area (Å²) in [5.41, 5.74) is 1.87. The van der Waals surface area contributed by atoms with Gasteiger partial charge in [0.15, 0.2) is 0 Å². The van der Waals surface area contributed by atoms with Gasteiger partial charge >= 0.3 is 0 Å². The maximum atomic E-state index is 11.3. The lowest BCUT2D eigenvalue weighted by molar-refractivity contribution is -0.125. The van der Waals surface area contributed by atoms with Crippen molar-refractivity contribution in [2.24, 2.45) is 0 Å². The number of carbonyl (C=O) groups is 1. The second-order valence-electron chi connectivity index (χ2n) is 3.80. The van der Waals surface area contributed by atoms with Crippen LogP contribution in [0.15, 0.2) is 24.3 Å². The lowest BCUT2D eigenvalue weighted by Crippen LogP contribution is -2.27. The third-order valence-electron chi connectivity index (χ3n) is 2.28. The smallest absolute Gasteiger partial charge is 0.246 e. The average molecular weight is 237 g/mol. The summed E-state index contributed by atoms with van der Waals surface area (Å²) in [4.78, 5) is 11.3. The summed E-state index contributed by atoms with van der Waals surface area (Å²) in [6.45, 7) is 3.25. The number of nitrogens with one attached hydrogen (secondary N) is 1. The second kappa shape index (κ2) is 7.81. The molecule has 0 bridgehead atoms. The molecule has 2 N–H and O–H groups in total. The monoisotopic (exact) mass is 237 g/mol. The van der Waals surface area contributed by atoms with Crippen LogP contribution in [0, 0.1) is 0 Å². The van der Waals surface area contributed by atoms with Crippen LogP contribution in [-0.2, 0) is 22.7 Å². The molecule has 0 heterocycles. The Hall–Kier alpha value is -1.39. The van der Waals surface area contributed by atoms with E-state index in [0.717, 1.165) is 17.5 Å². The topological polar surface area (TPSA) is 58.6 Å². The first-order chi connectivity index (χ1) is 8.26. The SMILES string of the molecule is CCCOCC(=O)NCc1ccc(CO)cc1. The molecule has 94 valence electrons. The van der Waals surface area contributed by atoms with Gasteiger partial charge in [0, 0.05) is 13.2 Å². The molecule has 0 spiro atoms. The molecule has 1 aromatic carbocycles. The first-order valence-electron chi connectivity index (χ1n) is 5.79. The summed E-state index contributed by atoms with van der Waals surface area (Å²) in [5, 5.41) is 11.6. The van der Waals surface area contributed by atoms with Crippen molar-refractivity contribution < 1.29 is 14.6 Å². The van der Waals surface area contributed by atoms with Crippen LogP contribution in [0.2, 0.25) is 0 Å². The van der Waals surface area contributed by atoms with Crippen LogP contribution in [0.4, 0.5) is 0 Å². The van der Waals surface area contributed by atoms with E-state index >= 15 is 0 Å². The van der Waals surface area contributed by atoms with Crippen LogP contribution in [0.5, 0.6) is 0 Å². The molecular weight excluding hydrogens is 218 g/mol. The number of rotatable bonds is 7. The van der Waals surface area contributed by atoms with Gasteiger partial charge in [-0.05, 0) is 17.5 Å². The summed E-state index contributed by atoms with van der Waals surface area (Å²) >= 11 is 0. The van der Waals surface area contributed by atoms with Gasteiger partial charge in [0.25, 0.3) is 0 Å². The van der Waals surface area contributed by atoms with Gasteiger partial charge < -0.3 is 15.2 Å². The van der Waals surface area contributed by atoms with Crippen LogP contribution in [0.1, 0.15) is 24.5 Å². The van der Waals surface area contributed by atoms with Gasteiger partial charge in [-0.15, -0.1) is 0 Å². The fourth-order valence-corrected chi connectivity index (χ4v) is 1.32. The first kappa shape index (κ1) is 13.7. The van der Waals surface area contributed by atoms with E-state index in [1.54, 1.807) is 0 Å². The van der Waals surface area contributed by atoms with Gasteiger partial charge in [0.05, 0.1) is 6.61 Å². The largest absolute Gasteiger partial charge is 0.392 e. The molecule has 0 aliphatic rings. The maximum Gasteiger partial charge on any atom is 0.246 e. The number of hydrogen-bond acceptors (Lipinski definition) is 3. The summed E-state index contributed by atoms with van der Waals surface area (Å²) in [6.07, 6.45) is 0.913. The minimum absolute atomic E-state index is 0.0392. The van der Waals surface area contributed by atoms with Crippen molar-refractivity contribution in [3.05, 3.63) is 35.4 Å². The van der Waals surface area contributed by atoms with Crippen molar-refractivity contribution in [1.82, 2.24) is 5.32 Å². The van der Waals surface area contributed by atoms with E-state index < -0.39 is 0 Å². The molecule has 4 nitrogen and oxygen atoms in total. The van der Waals surface area contributed by atoms with Crippen molar-refractivity contribution in [2.45, 2.75) is 26.5 Å². The van der Waals surface area contributed by atoms with Gasteiger partial charge in [0.1, 0.15) is 6.61 Å². The van der Waals surface area contributed by atoms with Crippen molar-refractivity contribution in [1.29, 1.82) is 0 Å². The molecule has 17 heavy (non-hydrogen) atoms. The zero-order valence-electron chi connectivity index (χ0n) is 10.1. The molecule has 1 amide bonds. The van der Waals surface area contributed by atoms with E-state index in [1.807, 2.05) is 31.2 Å². The van der Waals surface area contributed by atoms with Crippen LogP contribution in [-0.4, -0.2) is 24.2 Å². The Morgan fingerprint density at radius 2 is 1.94 bits per heavy atom. The van der Waals surface area contributed by atoms with E-state index in [0.29, 0.717) is 13.2 Å². The summed E-state index contributed by atoms with van der Waals surface area (Å²) in [7, 11) is 0. The normalized spacial score (nSPS) is 10.2. The van der Waals surface area contributed by atoms with Crippen LogP contribution in [0.3, 0.4) is 0 Å². The average Bonchev–Trinajstić information content (AvgIpc) is 2.37. The Kier molecular flexibility index (Phi) is 6.29. The van der Waals surface area contributed by atoms with Crippen molar-refractivity contribution in [3.8, 4) is 0 Å². The number of benzene rings is 1. The predicted octanol–water partition coefficient (Wildman–Crippen LogP) is 1.22. The minimum atomic E-state index is -0.107. The highest BCUT2D eigenvalue weighted by atomic mass is 16.5. The van der Waals surface area contributed by atoms with Gasteiger partial charge in [0.2, 0.25) is 5.91 Å². The molecule has 4 heteroatoms. The molecular formula is C13H19NO3. The van der Waals surface area contributed by atoms with E-state index in [-0.39, 0.29) is 19.1 Å². The van der Waals surface area contributed by atoms with E-state index in [2.05, 4.69) is 5.32 Å². The van der Waals surface area contributed by atoms with Gasteiger partial charge in [-0.1, -0.05) is 31.2 Å². The third-order valence-corrected chi connectivity index (χ3v) is 2.28. The molecule has 0 aliphatic heterocycles. The second-order valence-corrected chi connectivity index (χ2v) is 3.80. The molecule has 0 fully saturated rings. The lowest BCUT2D eigenvalue weighted by atomic mass is 10.1.